The molecule has 0 saturated carbocycles. The van der Waals surface area contributed by atoms with Crippen molar-refractivity contribution in [3.05, 3.63) is 74.9 Å². The second-order valence-electron chi connectivity index (χ2n) is 6.23. The zero-order chi connectivity index (χ0) is 20.4. The summed E-state index contributed by atoms with van der Waals surface area (Å²) in [7, 11) is 0. The first-order valence-corrected chi connectivity index (χ1v) is 11.5. The van der Waals surface area contributed by atoms with Gasteiger partial charge in [0.05, 0.1) is 22.0 Å². The Balaban J connectivity index is 1.60. The predicted molar refractivity (Wildman–Crippen MR) is 118 cm³/mol. The number of thioether (sulfide) groups is 2. The van der Waals surface area contributed by atoms with E-state index in [1.165, 1.54) is 52.4 Å². The van der Waals surface area contributed by atoms with Crippen LogP contribution in [0.1, 0.15) is 5.69 Å². The van der Waals surface area contributed by atoms with Gasteiger partial charge in [0, 0.05) is 22.3 Å². The van der Waals surface area contributed by atoms with Gasteiger partial charge >= 0.3 is 0 Å². The molecular formula is C20H15BrFN3O2S2. The highest BCUT2D eigenvalue weighted by Crippen LogP contribution is 2.30. The van der Waals surface area contributed by atoms with Gasteiger partial charge in [-0.3, -0.25) is 14.2 Å². The van der Waals surface area contributed by atoms with Gasteiger partial charge in [-0.05, 0) is 48.5 Å². The third kappa shape index (κ3) is 4.57. The molecule has 3 aromatic rings. The van der Waals surface area contributed by atoms with E-state index in [9.17, 15) is 14.0 Å². The van der Waals surface area contributed by atoms with E-state index in [4.69, 9.17) is 0 Å². The highest BCUT2D eigenvalue weighted by molar-refractivity contribution is 9.10. The molecule has 5 nitrogen and oxygen atoms in total. The van der Waals surface area contributed by atoms with E-state index in [1.807, 2.05) is 12.1 Å². The summed E-state index contributed by atoms with van der Waals surface area (Å²) in [4.78, 5) is 30.6. The average Bonchev–Trinajstić information content (AvgIpc) is 3.18. The molecule has 1 aromatic heterocycles. The van der Waals surface area contributed by atoms with Crippen LogP contribution >= 0.6 is 39.5 Å². The first-order chi connectivity index (χ1) is 14.0. The van der Waals surface area contributed by atoms with Crippen molar-refractivity contribution in [2.75, 3.05) is 16.8 Å². The maximum Gasteiger partial charge on any atom is 0.272 e. The Labute approximate surface area is 183 Å². The molecule has 2 heterocycles. The van der Waals surface area contributed by atoms with Crippen LogP contribution in [0, 0.1) is 5.82 Å². The number of carbonyl (C=O) groups is 1. The Morgan fingerprint density at radius 3 is 2.66 bits per heavy atom. The lowest BCUT2D eigenvalue weighted by atomic mass is 10.3. The van der Waals surface area contributed by atoms with Crippen LogP contribution in [0.15, 0.2) is 67.9 Å². The number of amides is 1. The van der Waals surface area contributed by atoms with Gasteiger partial charge < -0.3 is 5.32 Å². The van der Waals surface area contributed by atoms with Crippen molar-refractivity contribution >= 4 is 51.0 Å². The minimum atomic E-state index is -0.381. The number of nitrogens with zero attached hydrogens (tertiary/aromatic N) is 2. The predicted octanol–water partition coefficient (Wildman–Crippen LogP) is 4.51. The van der Waals surface area contributed by atoms with Gasteiger partial charge in [0.15, 0.2) is 5.16 Å². The van der Waals surface area contributed by atoms with Crippen molar-refractivity contribution in [3.8, 4) is 5.69 Å². The number of nitrogens with one attached hydrogen (secondary N) is 1. The van der Waals surface area contributed by atoms with E-state index in [2.05, 4.69) is 26.2 Å². The third-order valence-corrected chi connectivity index (χ3v) is 6.79. The Kier molecular flexibility index (Phi) is 6.07. The van der Waals surface area contributed by atoms with Gasteiger partial charge in [-0.1, -0.05) is 27.7 Å². The van der Waals surface area contributed by atoms with Crippen LogP contribution in [-0.4, -0.2) is 27.0 Å². The number of benzene rings is 2. The molecule has 0 bridgehead atoms. The van der Waals surface area contributed by atoms with E-state index in [0.717, 1.165) is 22.3 Å². The van der Waals surface area contributed by atoms with Crippen molar-refractivity contribution in [1.29, 1.82) is 0 Å². The molecule has 0 unspecified atom stereocenters. The van der Waals surface area contributed by atoms with Crippen molar-refractivity contribution in [1.82, 2.24) is 9.55 Å². The molecule has 0 atom stereocenters. The minimum Gasteiger partial charge on any atom is -0.325 e. The molecule has 0 fully saturated rings. The molecule has 0 aliphatic carbocycles. The van der Waals surface area contributed by atoms with Gasteiger partial charge in [0.2, 0.25) is 5.91 Å². The Bertz CT molecular complexity index is 1120. The topological polar surface area (TPSA) is 64.0 Å². The zero-order valence-electron chi connectivity index (χ0n) is 15.0. The van der Waals surface area contributed by atoms with E-state index < -0.39 is 0 Å². The van der Waals surface area contributed by atoms with Crippen LogP contribution in [0.3, 0.4) is 0 Å². The van der Waals surface area contributed by atoms with Crippen LogP contribution < -0.4 is 10.9 Å². The molecule has 1 aliphatic heterocycles. The minimum absolute atomic E-state index is 0.0929. The number of aromatic nitrogens is 2. The monoisotopic (exact) mass is 491 g/mol. The SMILES string of the molecule is O=C(CSc1nc2c(c(=O)n1-c1ccc(F)cc1)SCC2)Nc1ccc(Br)cc1. The maximum absolute atomic E-state index is 13.3. The van der Waals surface area contributed by atoms with Gasteiger partial charge in [0.25, 0.3) is 5.56 Å². The largest absolute Gasteiger partial charge is 0.325 e. The molecule has 0 spiro atoms. The zero-order valence-corrected chi connectivity index (χ0v) is 18.2. The summed E-state index contributed by atoms with van der Waals surface area (Å²) in [6, 6.07) is 13.0. The second kappa shape index (κ2) is 8.73. The second-order valence-corrected chi connectivity index (χ2v) is 9.19. The molecule has 9 heteroatoms. The van der Waals surface area contributed by atoms with Gasteiger partial charge in [0.1, 0.15) is 5.82 Å². The van der Waals surface area contributed by atoms with E-state index in [-0.39, 0.29) is 23.0 Å². The number of aryl methyl sites for hydroxylation is 1. The van der Waals surface area contributed by atoms with E-state index >= 15 is 0 Å². The van der Waals surface area contributed by atoms with Crippen molar-refractivity contribution in [3.63, 3.8) is 0 Å². The highest BCUT2D eigenvalue weighted by Gasteiger charge is 2.23. The van der Waals surface area contributed by atoms with Crippen molar-refractivity contribution < 1.29 is 9.18 Å². The quantitative estimate of drug-likeness (QED) is 0.420. The fourth-order valence-corrected chi connectivity index (χ4v) is 4.98. The average molecular weight is 492 g/mol. The van der Waals surface area contributed by atoms with Crippen LogP contribution in [0.25, 0.3) is 5.69 Å². The Hall–Kier alpha value is -2.10. The normalized spacial score (nSPS) is 12.6. The number of rotatable bonds is 5. The molecule has 4 rings (SSSR count). The number of carbonyl (C=O) groups excluding carboxylic acids is 1. The number of anilines is 1. The van der Waals surface area contributed by atoms with Crippen LogP contribution in [-0.2, 0) is 11.2 Å². The van der Waals surface area contributed by atoms with Gasteiger partial charge in [-0.15, -0.1) is 11.8 Å². The third-order valence-electron chi connectivity index (χ3n) is 4.21. The smallest absolute Gasteiger partial charge is 0.272 e. The number of hydrogen-bond donors (Lipinski definition) is 1. The summed E-state index contributed by atoms with van der Waals surface area (Å²) in [5.74, 6) is 0.315. The summed E-state index contributed by atoms with van der Waals surface area (Å²) in [5.41, 5.74) is 1.79. The molecule has 1 aliphatic rings. The lowest BCUT2D eigenvalue weighted by molar-refractivity contribution is -0.113. The van der Waals surface area contributed by atoms with Crippen LogP contribution in [0.5, 0.6) is 0 Å². The number of halogens is 2. The molecule has 0 saturated heterocycles. The summed E-state index contributed by atoms with van der Waals surface area (Å²) in [6.45, 7) is 0. The first kappa shape index (κ1) is 20.2. The maximum atomic E-state index is 13.3. The number of hydrogen-bond acceptors (Lipinski definition) is 5. The van der Waals surface area contributed by atoms with E-state index in [0.29, 0.717) is 21.4 Å². The number of fused-ring (bicyclic) bond motifs is 1. The molecule has 29 heavy (non-hydrogen) atoms. The first-order valence-electron chi connectivity index (χ1n) is 8.74. The molecular weight excluding hydrogens is 477 g/mol. The molecule has 1 amide bonds. The standard InChI is InChI=1S/C20H15BrFN3O2S2/c21-12-1-5-14(6-2-12)23-17(26)11-29-20-24-16-9-10-28-18(16)19(27)25(20)15-7-3-13(22)4-8-15/h1-8H,9-11H2,(H,23,26). The van der Waals surface area contributed by atoms with E-state index in [1.54, 1.807) is 12.1 Å². The lowest BCUT2D eigenvalue weighted by Gasteiger charge is -2.13. The fourth-order valence-electron chi connectivity index (χ4n) is 2.87. The van der Waals surface area contributed by atoms with Gasteiger partial charge in [-0.2, -0.15) is 0 Å². The lowest BCUT2D eigenvalue weighted by Crippen LogP contribution is -2.24. The molecule has 2 aromatic carbocycles. The Morgan fingerprint density at radius 1 is 1.21 bits per heavy atom. The van der Waals surface area contributed by atoms with Gasteiger partial charge in [-0.25, -0.2) is 9.37 Å². The summed E-state index contributed by atoms with van der Waals surface area (Å²) in [6.07, 6.45) is 0.720. The van der Waals surface area contributed by atoms with Crippen molar-refractivity contribution in [2.45, 2.75) is 16.5 Å². The molecule has 1 N–H and O–H groups in total. The van der Waals surface area contributed by atoms with Crippen LogP contribution in [0.4, 0.5) is 10.1 Å². The van der Waals surface area contributed by atoms with Crippen molar-refractivity contribution in [2.24, 2.45) is 0 Å². The summed E-state index contributed by atoms with van der Waals surface area (Å²) in [5, 5.41) is 3.25. The molecule has 0 radical (unpaired) electrons. The summed E-state index contributed by atoms with van der Waals surface area (Å²) >= 11 is 6.02. The van der Waals surface area contributed by atoms with Crippen LogP contribution in [0.2, 0.25) is 0 Å². The Morgan fingerprint density at radius 2 is 1.93 bits per heavy atom. The molecule has 148 valence electrons. The fraction of sp³-hybridized carbons (Fsp3) is 0.150. The highest BCUT2D eigenvalue weighted by atomic mass is 79.9. The summed E-state index contributed by atoms with van der Waals surface area (Å²) < 4.78 is 15.7.